The Morgan fingerprint density at radius 1 is 1.45 bits per heavy atom. The van der Waals surface area contributed by atoms with E-state index in [4.69, 9.17) is 15.2 Å². The van der Waals surface area contributed by atoms with Crippen LogP contribution in [0.5, 0.6) is 5.75 Å². The van der Waals surface area contributed by atoms with Gasteiger partial charge in [0.2, 0.25) is 0 Å². The molecule has 1 amide bonds. The van der Waals surface area contributed by atoms with Crippen LogP contribution in [-0.2, 0) is 9.53 Å². The second-order valence-corrected chi connectivity index (χ2v) is 4.81. The van der Waals surface area contributed by atoms with Crippen molar-refractivity contribution in [1.82, 2.24) is 5.32 Å². The Morgan fingerprint density at radius 2 is 2.20 bits per heavy atom. The number of nitrogens with one attached hydrogen (secondary N) is 1. The molecule has 112 valence electrons. The van der Waals surface area contributed by atoms with Crippen LogP contribution in [0.2, 0.25) is 0 Å². The van der Waals surface area contributed by atoms with Gasteiger partial charge in [0.1, 0.15) is 5.75 Å². The Morgan fingerprint density at radius 3 is 2.85 bits per heavy atom. The van der Waals surface area contributed by atoms with Crippen molar-refractivity contribution >= 4 is 5.91 Å². The first-order valence-corrected chi connectivity index (χ1v) is 6.79. The van der Waals surface area contributed by atoms with E-state index >= 15 is 0 Å². The number of benzene rings is 1. The van der Waals surface area contributed by atoms with E-state index in [1.165, 1.54) is 0 Å². The zero-order valence-electron chi connectivity index (χ0n) is 12.4. The quantitative estimate of drug-likeness (QED) is 0.709. The topological polar surface area (TPSA) is 73.6 Å². The largest absolute Gasteiger partial charge is 0.483 e. The smallest absolute Gasteiger partial charge is 0.257 e. The van der Waals surface area contributed by atoms with Gasteiger partial charge in [-0.1, -0.05) is 17.7 Å². The standard InChI is InChI=1S/C15H24N2O3/c1-11-5-6-14(13(9-11)12(2)16)20-10-15(18)17-7-4-8-19-3/h5-6,9,12H,4,7-8,10,16H2,1-3H3,(H,17,18)/t12-/m1/s1. The van der Waals surface area contributed by atoms with Crippen LogP contribution in [0.3, 0.4) is 0 Å². The lowest BCUT2D eigenvalue weighted by molar-refractivity contribution is -0.123. The minimum absolute atomic E-state index is 0.00420. The van der Waals surface area contributed by atoms with Crippen molar-refractivity contribution in [2.45, 2.75) is 26.3 Å². The molecule has 0 radical (unpaired) electrons. The molecule has 0 spiro atoms. The fourth-order valence-electron chi connectivity index (χ4n) is 1.79. The number of amides is 1. The van der Waals surface area contributed by atoms with Crippen molar-refractivity contribution in [2.24, 2.45) is 5.73 Å². The molecule has 0 saturated carbocycles. The van der Waals surface area contributed by atoms with Crippen LogP contribution in [0, 0.1) is 6.92 Å². The number of aryl methyl sites for hydroxylation is 1. The molecule has 0 aliphatic heterocycles. The Labute approximate surface area is 120 Å². The molecule has 0 unspecified atom stereocenters. The summed E-state index contributed by atoms with van der Waals surface area (Å²) in [5.74, 6) is 0.523. The fourth-order valence-corrected chi connectivity index (χ4v) is 1.79. The van der Waals surface area contributed by atoms with Gasteiger partial charge < -0.3 is 20.5 Å². The third-order valence-corrected chi connectivity index (χ3v) is 2.86. The van der Waals surface area contributed by atoms with Crippen LogP contribution >= 0.6 is 0 Å². The summed E-state index contributed by atoms with van der Waals surface area (Å²) >= 11 is 0. The Hall–Kier alpha value is -1.59. The zero-order chi connectivity index (χ0) is 15.0. The number of nitrogens with two attached hydrogens (primary N) is 1. The SMILES string of the molecule is COCCCNC(=O)COc1ccc(C)cc1[C@@H](C)N. The van der Waals surface area contributed by atoms with Crippen molar-refractivity contribution in [1.29, 1.82) is 0 Å². The molecule has 1 aromatic carbocycles. The van der Waals surface area contributed by atoms with E-state index in [2.05, 4.69) is 5.32 Å². The summed E-state index contributed by atoms with van der Waals surface area (Å²) in [5.41, 5.74) is 7.94. The van der Waals surface area contributed by atoms with Crippen LogP contribution in [0.15, 0.2) is 18.2 Å². The Bertz CT molecular complexity index is 433. The predicted octanol–water partition coefficient (Wildman–Crippen LogP) is 1.55. The summed E-state index contributed by atoms with van der Waals surface area (Å²) in [5, 5.41) is 2.77. The molecular formula is C15H24N2O3. The van der Waals surface area contributed by atoms with E-state index in [0.717, 1.165) is 17.5 Å². The number of ether oxygens (including phenoxy) is 2. The minimum Gasteiger partial charge on any atom is -0.483 e. The second-order valence-electron chi connectivity index (χ2n) is 4.81. The van der Waals surface area contributed by atoms with Gasteiger partial charge >= 0.3 is 0 Å². The van der Waals surface area contributed by atoms with E-state index in [0.29, 0.717) is 18.9 Å². The van der Waals surface area contributed by atoms with E-state index < -0.39 is 0 Å². The van der Waals surface area contributed by atoms with Gasteiger partial charge in [-0.3, -0.25) is 4.79 Å². The van der Waals surface area contributed by atoms with Crippen molar-refractivity contribution in [3.63, 3.8) is 0 Å². The minimum atomic E-state index is -0.141. The van der Waals surface area contributed by atoms with E-state index in [1.54, 1.807) is 7.11 Å². The number of rotatable bonds is 8. The lowest BCUT2D eigenvalue weighted by Crippen LogP contribution is -2.30. The number of hydrogen-bond donors (Lipinski definition) is 2. The summed E-state index contributed by atoms with van der Waals surface area (Å²) in [7, 11) is 1.64. The Balaban J connectivity index is 2.47. The molecule has 1 aromatic rings. The maximum atomic E-state index is 11.6. The lowest BCUT2D eigenvalue weighted by Gasteiger charge is -2.14. The molecule has 5 nitrogen and oxygen atoms in total. The van der Waals surface area contributed by atoms with Gasteiger partial charge in [0.05, 0.1) is 0 Å². The van der Waals surface area contributed by atoms with Gasteiger partial charge in [-0.15, -0.1) is 0 Å². The van der Waals surface area contributed by atoms with Crippen molar-refractivity contribution in [3.8, 4) is 5.75 Å². The van der Waals surface area contributed by atoms with Gasteiger partial charge in [-0.2, -0.15) is 0 Å². The average Bonchev–Trinajstić information content (AvgIpc) is 2.42. The molecule has 0 aromatic heterocycles. The summed E-state index contributed by atoms with van der Waals surface area (Å²) in [6.45, 7) is 5.11. The van der Waals surface area contributed by atoms with E-state index in [-0.39, 0.29) is 18.6 Å². The molecule has 0 saturated heterocycles. The number of hydrogen-bond acceptors (Lipinski definition) is 4. The molecular weight excluding hydrogens is 256 g/mol. The summed E-state index contributed by atoms with van der Waals surface area (Å²) in [6, 6.07) is 5.65. The van der Waals surface area contributed by atoms with Crippen LogP contribution < -0.4 is 15.8 Å². The molecule has 0 heterocycles. The first-order valence-electron chi connectivity index (χ1n) is 6.79. The van der Waals surface area contributed by atoms with Crippen LogP contribution in [0.25, 0.3) is 0 Å². The highest BCUT2D eigenvalue weighted by Gasteiger charge is 2.10. The van der Waals surface area contributed by atoms with Gasteiger partial charge in [-0.25, -0.2) is 0 Å². The van der Waals surface area contributed by atoms with Crippen LogP contribution in [0.1, 0.15) is 30.5 Å². The highest BCUT2D eigenvalue weighted by Crippen LogP contribution is 2.24. The summed E-state index contributed by atoms with van der Waals surface area (Å²) < 4.78 is 10.5. The first-order chi connectivity index (χ1) is 9.54. The summed E-state index contributed by atoms with van der Waals surface area (Å²) in [6.07, 6.45) is 0.790. The normalized spacial score (nSPS) is 12.0. The zero-order valence-corrected chi connectivity index (χ0v) is 12.4. The average molecular weight is 280 g/mol. The molecule has 1 atom stereocenters. The Kier molecular flexibility index (Phi) is 7.04. The van der Waals surface area contributed by atoms with Crippen LogP contribution in [-0.4, -0.2) is 32.8 Å². The molecule has 1 rings (SSSR count). The first kappa shape index (κ1) is 16.5. The van der Waals surface area contributed by atoms with E-state index in [1.807, 2.05) is 32.0 Å². The van der Waals surface area contributed by atoms with Gasteiger partial charge in [-0.05, 0) is 26.3 Å². The highest BCUT2D eigenvalue weighted by molar-refractivity contribution is 5.77. The molecule has 0 fully saturated rings. The van der Waals surface area contributed by atoms with Gasteiger partial charge in [0.25, 0.3) is 5.91 Å². The molecule has 0 aliphatic carbocycles. The third kappa shape index (κ3) is 5.59. The third-order valence-electron chi connectivity index (χ3n) is 2.86. The van der Waals surface area contributed by atoms with Gasteiger partial charge in [0, 0.05) is 31.9 Å². The van der Waals surface area contributed by atoms with Crippen molar-refractivity contribution in [3.05, 3.63) is 29.3 Å². The van der Waals surface area contributed by atoms with Crippen LogP contribution in [0.4, 0.5) is 0 Å². The molecule has 0 bridgehead atoms. The van der Waals surface area contributed by atoms with E-state index in [9.17, 15) is 4.79 Å². The molecule has 20 heavy (non-hydrogen) atoms. The lowest BCUT2D eigenvalue weighted by atomic mass is 10.1. The van der Waals surface area contributed by atoms with Crippen molar-refractivity contribution < 1.29 is 14.3 Å². The predicted molar refractivity (Wildman–Crippen MR) is 78.8 cm³/mol. The fraction of sp³-hybridized carbons (Fsp3) is 0.533. The highest BCUT2D eigenvalue weighted by atomic mass is 16.5. The summed E-state index contributed by atoms with van der Waals surface area (Å²) in [4.78, 5) is 11.6. The van der Waals surface area contributed by atoms with Gasteiger partial charge in [0.15, 0.2) is 6.61 Å². The maximum absolute atomic E-state index is 11.6. The second kappa shape index (κ2) is 8.55. The maximum Gasteiger partial charge on any atom is 0.257 e. The number of carbonyl (C=O) groups excluding carboxylic acids is 1. The number of carbonyl (C=O) groups is 1. The number of methoxy groups -OCH3 is 1. The monoisotopic (exact) mass is 280 g/mol. The van der Waals surface area contributed by atoms with Crippen molar-refractivity contribution in [2.75, 3.05) is 26.9 Å². The molecule has 3 N–H and O–H groups in total. The molecule has 0 aliphatic rings. The molecule has 5 heteroatoms.